The molecule has 1 aromatic carbocycles. The highest BCUT2D eigenvalue weighted by molar-refractivity contribution is 5.74. The first-order valence-corrected chi connectivity index (χ1v) is 9.17. The summed E-state index contributed by atoms with van der Waals surface area (Å²) in [6.45, 7) is 10.8. The number of likely N-dealkylation sites (tertiary alicyclic amines) is 1. The Hall–Kier alpha value is -1.42. The number of nitrogens with zero attached hydrogens (tertiary/aromatic N) is 3. The highest BCUT2D eigenvalue weighted by Gasteiger charge is 2.37. The molecular weight excluding hydrogens is 284 g/mol. The smallest absolute Gasteiger partial charge is 0.113 e. The van der Waals surface area contributed by atoms with Crippen molar-refractivity contribution in [3.63, 3.8) is 0 Å². The van der Waals surface area contributed by atoms with Crippen LogP contribution in [0.4, 0.5) is 0 Å². The number of H-pyrrole nitrogens is 1. The van der Waals surface area contributed by atoms with Crippen LogP contribution in [0.15, 0.2) is 18.2 Å². The molecule has 2 heterocycles. The maximum atomic E-state index is 4.19. The summed E-state index contributed by atoms with van der Waals surface area (Å²) < 4.78 is 0. The molecule has 3 rings (SSSR count). The van der Waals surface area contributed by atoms with Crippen molar-refractivity contribution in [1.29, 1.82) is 0 Å². The Morgan fingerprint density at radius 2 is 2.17 bits per heavy atom. The van der Waals surface area contributed by atoms with Crippen LogP contribution in [0.3, 0.4) is 0 Å². The fraction of sp³-hybridized carbons (Fsp3) is 0.684. The molecule has 0 bridgehead atoms. The molecule has 1 aliphatic heterocycles. The molecule has 2 aromatic rings. The minimum absolute atomic E-state index is 0.243. The second-order valence-corrected chi connectivity index (χ2v) is 7.47. The lowest BCUT2D eigenvalue weighted by Gasteiger charge is -2.45. The van der Waals surface area contributed by atoms with Crippen molar-refractivity contribution < 1.29 is 0 Å². The van der Waals surface area contributed by atoms with Gasteiger partial charge in [-0.2, -0.15) is 0 Å². The standard InChI is InChI=1S/C19H30N4/c1-4-5-6-7-11-23-12-10-19(3,15(2)14-23)16-8-9-17-18(13-16)21-22-20-17/h8-9,13,15H,4-7,10-12,14H2,1-3H3,(H,20,21,22). The van der Waals surface area contributed by atoms with Gasteiger partial charge in [0.2, 0.25) is 0 Å². The minimum Gasteiger partial charge on any atom is -0.303 e. The third-order valence-electron chi connectivity index (χ3n) is 5.88. The van der Waals surface area contributed by atoms with Crippen molar-refractivity contribution in [2.45, 2.75) is 58.3 Å². The summed E-state index contributed by atoms with van der Waals surface area (Å²) in [5.41, 5.74) is 3.67. The molecule has 4 nitrogen and oxygen atoms in total. The Morgan fingerprint density at radius 1 is 1.30 bits per heavy atom. The van der Waals surface area contributed by atoms with Crippen molar-refractivity contribution in [2.24, 2.45) is 5.92 Å². The van der Waals surface area contributed by atoms with E-state index < -0.39 is 0 Å². The van der Waals surface area contributed by atoms with E-state index in [9.17, 15) is 0 Å². The van der Waals surface area contributed by atoms with Gasteiger partial charge >= 0.3 is 0 Å². The number of unbranched alkanes of at least 4 members (excludes halogenated alkanes) is 3. The number of benzene rings is 1. The van der Waals surface area contributed by atoms with E-state index in [4.69, 9.17) is 0 Å². The lowest BCUT2D eigenvalue weighted by molar-refractivity contribution is 0.109. The fourth-order valence-corrected chi connectivity index (χ4v) is 3.91. The summed E-state index contributed by atoms with van der Waals surface area (Å²) in [7, 11) is 0. The zero-order valence-corrected chi connectivity index (χ0v) is 14.8. The highest BCUT2D eigenvalue weighted by Crippen LogP contribution is 2.40. The average Bonchev–Trinajstić information content (AvgIpc) is 3.02. The molecule has 1 aliphatic rings. The summed E-state index contributed by atoms with van der Waals surface area (Å²) >= 11 is 0. The van der Waals surface area contributed by atoms with Gasteiger partial charge in [-0.05, 0) is 55.0 Å². The average molecular weight is 314 g/mol. The van der Waals surface area contributed by atoms with Crippen LogP contribution in [0, 0.1) is 5.92 Å². The van der Waals surface area contributed by atoms with Crippen molar-refractivity contribution in [3.05, 3.63) is 23.8 Å². The Labute approximate surface area is 139 Å². The summed E-state index contributed by atoms with van der Waals surface area (Å²) in [6.07, 6.45) is 6.65. The third-order valence-corrected chi connectivity index (χ3v) is 5.88. The first kappa shape index (κ1) is 16.4. The number of aromatic amines is 1. The molecule has 0 amide bonds. The molecule has 23 heavy (non-hydrogen) atoms. The summed E-state index contributed by atoms with van der Waals surface area (Å²) in [5, 5.41) is 11.0. The van der Waals surface area contributed by atoms with Crippen LogP contribution in [-0.2, 0) is 5.41 Å². The minimum atomic E-state index is 0.243. The monoisotopic (exact) mass is 314 g/mol. The number of piperidine rings is 1. The maximum absolute atomic E-state index is 4.19. The number of rotatable bonds is 6. The first-order valence-electron chi connectivity index (χ1n) is 9.17. The van der Waals surface area contributed by atoms with Crippen LogP contribution in [0.25, 0.3) is 11.0 Å². The number of hydrogen-bond acceptors (Lipinski definition) is 3. The number of hydrogen-bond donors (Lipinski definition) is 1. The Kier molecular flexibility index (Phi) is 5.00. The summed E-state index contributed by atoms with van der Waals surface area (Å²) in [6, 6.07) is 6.61. The number of fused-ring (bicyclic) bond motifs is 1. The predicted octanol–water partition coefficient (Wildman–Crippen LogP) is 4.14. The van der Waals surface area contributed by atoms with Gasteiger partial charge in [0.1, 0.15) is 5.52 Å². The molecule has 1 fully saturated rings. The van der Waals surface area contributed by atoms with Gasteiger partial charge in [-0.15, -0.1) is 5.10 Å². The van der Waals surface area contributed by atoms with E-state index in [0.717, 1.165) is 11.0 Å². The normalized spacial score (nSPS) is 26.0. The van der Waals surface area contributed by atoms with Crippen molar-refractivity contribution in [1.82, 2.24) is 20.3 Å². The molecular formula is C19H30N4. The van der Waals surface area contributed by atoms with Crippen LogP contribution in [-0.4, -0.2) is 39.9 Å². The summed E-state index contributed by atoms with van der Waals surface area (Å²) in [4.78, 5) is 2.66. The third kappa shape index (κ3) is 3.42. The van der Waals surface area contributed by atoms with Gasteiger partial charge in [0, 0.05) is 6.54 Å². The Balaban J connectivity index is 1.66. The molecule has 1 N–H and O–H groups in total. The van der Waals surface area contributed by atoms with Gasteiger partial charge in [-0.25, -0.2) is 0 Å². The molecule has 2 unspecified atom stereocenters. The van der Waals surface area contributed by atoms with E-state index in [-0.39, 0.29) is 5.41 Å². The lowest BCUT2D eigenvalue weighted by atomic mass is 9.68. The van der Waals surface area contributed by atoms with Gasteiger partial charge in [0.05, 0.1) is 5.52 Å². The van der Waals surface area contributed by atoms with Crippen molar-refractivity contribution >= 4 is 11.0 Å². The van der Waals surface area contributed by atoms with Crippen LogP contribution in [0.2, 0.25) is 0 Å². The number of nitrogens with one attached hydrogen (secondary N) is 1. The van der Waals surface area contributed by atoms with E-state index in [1.54, 1.807) is 0 Å². The molecule has 1 saturated heterocycles. The van der Waals surface area contributed by atoms with E-state index in [2.05, 4.69) is 59.3 Å². The molecule has 0 aliphatic carbocycles. The molecule has 0 saturated carbocycles. The van der Waals surface area contributed by atoms with Crippen LogP contribution in [0.1, 0.15) is 58.4 Å². The van der Waals surface area contributed by atoms with Crippen LogP contribution >= 0.6 is 0 Å². The SMILES string of the molecule is CCCCCCN1CCC(C)(c2ccc3[nH]nnc3c2)C(C)C1. The largest absolute Gasteiger partial charge is 0.303 e. The second kappa shape index (κ2) is 7.00. The van der Waals surface area contributed by atoms with E-state index >= 15 is 0 Å². The quantitative estimate of drug-likeness (QED) is 0.815. The number of aromatic nitrogens is 3. The predicted molar refractivity (Wildman–Crippen MR) is 95.6 cm³/mol. The van der Waals surface area contributed by atoms with E-state index in [1.807, 2.05) is 0 Å². The second-order valence-electron chi connectivity index (χ2n) is 7.47. The Morgan fingerprint density at radius 3 is 2.96 bits per heavy atom. The fourth-order valence-electron chi connectivity index (χ4n) is 3.91. The zero-order valence-electron chi connectivity index (χ0n) is 14.8. The van der Waals surface area contributed by atoms with Crippen molar-refractivity contribution in [3.8, 4) is 0 Å². The molecule has 0 radical (unpaired) electrons. The lowest BCUT2D eigenvalue weighted by Crippen LogP contribution is -2.47. The molecule has 1 aromatic heterocycles. The first-order chi connectivity index (χ1) is 11.1. The van der Waals surface area contributed by atoms with Gasteiger partial charge in [-0.3, -0.25) is 5.10 Å². The van der Waals surface area contributed by atoms with Gasteiger partial charge in [0.25, 0.3) is 0 Å². The molecule has 2 atom stereocenters. The van der Waals surface area contributed by atoms with E-state index in [0.29, 0.717) is 5.92 Å². The van der Waals surface area contributed by atoms with Crippen LogP contribution in [0.5, 0.6) is 0 Å². The van der Waals surface area contributed by atoms with Gasteiger partial charge in [0.15, 0.2) is 0 Å². The highest BCUT2D eigenvalue weighted by atomic mass is 15.3. The Bertz CT molecular complexity index is 635. The summed E-state index contributed by atoms with van der Waals surface area (Å²) in [5.74, 6) is 0.659. The van der Waals surface area contributed by atoms with Crippen molar-refractivity contribution in [2.75, 3.05) is 19.6 Å². The van der Waals surface area contributed by atoms with Crippen LogP contribution < -0.4 is 0 Å². The zero-order chi connectivity index (χ0) is 16.3. The molecule has 126 valence electrons. The van der Waals surface area contributed by atoms with Gasteiger partial charge in [-0.1, -0.05) is 51.3 Å². The maximum Gasteiger partial charge on any atom is 0.113 e. The topological polar surface area (TPSA) is 44.8 Å². The molecule has 0 spiro atoms. The van der Waals surface area contributed by atoms with E-state index in [1.165, 1.54) is 57.3 Å². The van der Waals surface area contributed by atoms with Gasteiger partial charge < -0.3 is 4.90 Å². The molecule has 4 heteroatoms.